The van der Waals surface area contributed by atoms with Crippen LogP contribution in [0.1, 0.15) is 16.2 Å². The SMILES string of the molecule is O=C(Nc1n[nH]c(C(F)(F)F)n1)c1cccnc1. The monoisotopic (exact) mass is 257 g/mol. The van der Waals surface area contributed by atoms with Crippen molar-refractivity contribution >= 4 is 11.9 Å². The Morgan fingerprint density at radius 1 is 1.39 bits per heavy atom. The summed E-state index contributed by atoms with van der Waals surface area (Å²) in [4.78, 5) is 18.4. The molecule has 18 heavy (non-hydrogen) atoms. The summed E-state index contributed by atoms with van der Waals surface area (Å²) in [5.41, 5.74) is 0.191. The van der Waals surface area contributed by atoms with Crippen molar-refractivity contribution in [3.8, 4) is 0 Å². The largest absolute Gasteiger partial charge is 0.451 e. The van der Waals surface area contributed by atoms with Crippen LogP contribution in [0, 0.1) is 0 Å². The Balaban J connectivity index is 2.11. The van der Waals surface area contributed by atoms with Gasteiger partial charge in [-0.2, -0.15) is 18.2 Å². The van der Waals surface area contributed by atoms with E-state index >= 15 is 0 Å². The molecule has 2 N–H and O–H groups in total. The Kier molecular flexibility index (Phi) is 2.96. The first kappa shape index (κ1) is 12.0. The van der Waals surface area contributed by atoms with Gasteiger partial charge in [-0.15, -0.1) is 5.10 Å². The molecular formula is C9H6F3N5O. The smallest absolute Gasteiger partial charge is 0.289 e. The zero-order valence-corrected chi connectivity index (χ0v) is 8.69. The van der Waals surface area contributed by atoms with Crippen LogP contribution in [0.15, 0.2) is 24.5 Å². The molecule has 6 nitrogen and oxygen atoms in total. The lowest BCUT2D eigenvalue weighted by molar-refractivity contribution is -0.144. The number of carbonyl (C=O) groups excluding carboxylic acids is 1. The zero-order valence-electron chi connectivity index (χ0n) is 8.69. The molecule has 0 unspecified atom stereocenters. The van der Waals surface area contributed by atoms with Gasteiger partial charge < -0.3 is 0 Å². The highest BCUT2D eigenvalue weighted by atomic mass is 19.4. The van der Waals surface area contributed by atoms with Crippen LogP contribution in [0.4, 0.5) is 19.1 Å². The number of aromatic nitrogens is 4. The molecular weight excluding hydrogens is 251 g/mol. The molecule has 0 radical (unpaired) electrons. The topological polar surface area (TPSA) is 83.6 Å². The number of anilines is 1. The molecule has 0 atom stereocenters. The number of carbonyl (C=O) groups is 1. The summed E-state index contributed by atoms with van der Waals surface area (Å²) in [5.74, 6) is -2.36. The number of amides is 1. The number of nitrogens with one attached hydrogen (secondary N) is 2. The lowest BCUT2D eigenvalue weighted by Crippen LogP contribution is -2.13. The number of aromatic amines is 1. The van der Waals surface area contributed by atoms with Crippen molar-refractivity contribution in [2.45, 2.75) is 6.18 Å². The summed E-state index contributed by atoms with van der Waals surface area (Å²) < 4.78 is 36.6. The van der Waals surface area contributed by atoms with Crippen molar-refractivity contribution in [1.29, 1.82) is 0 Å². The maximum absolute atomic E-state index is 12.2. The summed E-state index contributed by atoms with van der Waals surface area (Å²) in [6.07, 6.45) is -1.90. The maximum Gasteiger partial charge on any atom is 0.451 e. The van der Waals surface area contributed by atoms with E-state index in [2.05, 4.69) is 20.4 Å². The van der Waals surface area contributed by atoms with Crippen molar-refractivity contribution in [3.05, 3.63) is 35.9 Å². The third kappa shape index (κ3) is 2.62. The molecule has 0 saturated heterocycles. The van der Waals surface area contributed by atoms with Crippen molar-refractivity contribution in [1.82, 2.24) is 20.2 Å². The van der Waals surface area contributed by atoms with Gasteiger partial charge in [0, 0.05) is 12.4 Å². The highest BCUT2D eigenvalue weighted by Gasteiger charge is 2.35. The Morgan fingerprint density at radius 2 is 2.17 bits per heavy atom. The number of rotatable bonds is 2. The lowest BCUT2D eigenvalue weighted by Gasteiger charge is -2.00. The summed E-state index contributed by atoms with van der Waals surface area (Å²) in [5, 5.41) is 7.04. The van der Waals surface area contributed by atoms with Crippen LogP contribution in [0.2, 0.25) is 0 Å². The fraction of sp³-hybridized carbons (Fsp3) is 0.111. The van der Waals surface area contributed by atoms with E-state index in [4.69, 9.17) is 0 Å². The van der Waals surface area contributed by atoms with E-state index < -0.39 is 23.9 Å². The van der Waals surface area contributed by atoms with Gasteiger partial charge in [0.2, 0.25) is 11.8 Å². The minimum atomic E-state index is -4.63. The summed E-state index contributed by atoms with van der Waals surface area (Å²) >= 11 is 0. The van der Waals surface area contributed by atoms with Gasteiger partial charge in [-0.25, -0.2) is 0 Å². The van der Waals surface area contributed by atoms with Crippen molar-refractivity contribution < 1.29 is 18.0 Å². The standard InChI is InChI=1S/C9H6F3N5O/c10-9(11,12)7-15-8(17-16-7)14-6(18)5-2-1-3-13-4-5/h1-4H,(H2,14,15,16,17,18). The molecule has 0 aliphatic heterocycles. The first-order chi connectivity index (χ1) is 8.47. The molecule has 2 aromatic heterocycles. The van der Waals surface area contributed by atoms with Crippen LogP contribution in [-0.4, -0.2) is 26.1 Å². The summed E-state index contributed by atoms with van der Waals surface area (Å²) in [7, 11) is 0. The van der Waals surface area contributed by atoms with E-state index in [0.29, 0.717) is 0 Å². The predicted octanol–water partition coefficient (Wildman–Crippen LogP) is 1.47. The molecule has 9 heteroatoms. The van der Waals surface area contributed by atoms with Crippen LogP contribution >= 0.6 is 0 Å². The summed E-state index contributed by atoms with van der Waals surface area (Å²) in [6, 6.07) is 2.98. The Bertz CT molecular complexity index is 551. The average molecular weight is 257 g/mol. The average Bonchev–Trinajstić information content (AvgIpc) is 2.78. The summed E-state index contributed by atoms with van der Waals surface area (Å²) in [6.45, 7) is 0. The third-order valence-corrected chi connectivity index (χ3v) is 1.90. The number of halogens is 3. The van der Waals surface area contributed by atoms with Crippen molar-refractivity contribution in [2.75, 3.05) is 5.32 Å². The Morgan fingerprint density at radius 3 is 2.72 bits per heavy atom. The van der Waals surface area contributed by atoms with Gasteiger partial charge in [-0.05, 0) is 12.1 Å². The highest BCUT2D eigenvalue weighted by Crippen LogP contribution is 2.26. The van der Waals surface area contributed by atoms with Gasteiger partial charge in [0.25, 0.3) is 5.91 Å². The maximum atomic E-state index is 12.2. The zero-order chi connectivity index (χ0) is 13.2. The quantitative estimate of drug-likeness (QED) is 0.853. The lowest BCUT2D eigenvalue weighted by atomic mass is 10.3. The molecule has 0 saturated carbocycles. The van der Waals surface area contributed by atoms with E-state index in [1.165, 1.54) is 24.5 Å². The molecule has 2 rings (SSSR count). The number of nitrogens with zero attached hydrogens (tertiary/aromatic N) is 3. The van der Waals surface area contributed by atoms with Crippen LogP contribution in [0.25, 0.3) is 0 Å². The van der Waals surface area contributed by atoms with E-state index in [9.17, 15) is 18.0 Å². The second-order valence-corrected chi connectivity index (χ2v) is 3.20. The third-order valence-electron chi connectivity index (χ3n) is 1.90. The molecule has 0 aliphatic carbocycles. The van der Waals surface area contributed by atoms with Gasteiger partial charge in [0.15, 0.2) is 0 Å². The fourth-order valence-corrected chi connectivity index (χ4v) is 1.12. The van der Waals surface area contributed by atoms with E-state index in [1.807, 2.05) is 0 Å². The van der Waals surface area contributed by atoms with Gasteiger partial charge >= 0.3 is 6.18 Å². The highest BCUT2D eigenvalue weighted by molar-refractivity contribution is 6.02. The van der Waals surface area contributed by atoms with Crippen LogP contribution in [-0.2, 0) is 6.18 Å². The first-order valence-corrected chi connectivity index (χ1v) is 4.68. The molecule has 94 valence electrons. The van der Waals surface area contributed by atoms with E-state index in [0.717, 1.165) is 0 Å². The van der Waals surface area contributed by atoms with Gasteiger partial charge in [0.1, 0.15) is 0 Å². The normalized spacial score (nSPS) is 11.3. The Hall–Kier alpha value is -2.45. The molecule has 0 spiro atoms. The first-order valence-electron chi connectivity index (χ1n) is 4.68. The van der Waals surface area contributed by atoms with E-state index in [1.54, 1.807) is 5.10 Å². The minimum absolute atomic E-state index is 0.191. The minimum Gasteiger partial charge on any atom is -0.289 e. The van der Waals surface area contributed by atoms with Crippen LogP contribution in [0.3, 0.4) is 0 Å². The number of hydrogen-bond acceptors (Lipinski definition) is 4. The molecule has 0 aliphatic rings. The number of pyridine rings is 1. The van der Waals surface area contributed by atoms with Gasteiger partial charge in [0.05, 0.1) is 5.56 Å². The van der Waals surface area contributed by atoms with Crippen LogP contribution < -0.4 is 5.32 Å². The van der Waals surface area contributed by atoms with E-state index in [-0.39, 0.29) is 5.56 Å². The fourth-order valence-electron chi connectivity index (χ4n) is 1.12. The molecule has 2 aromatic rings. The second-order valence-electron chi connectivity index (χ2n) is 3.20. The number of alkyl halides is 3. The number of H-pyrrole nitrogens is 1. The van der Waals surface area contributed by atoms with Gasteiger partial charge in [-0.3, -0.25) is 20.2 Å². The van der Waals surface area contributed by atoms with Crippen molar-refractivity contribution in [2.24, 2.45) is 0 Å². The molecule has 0 aromatic carbocycles. The molecule has 0 bridgehead atoms. The Labute approximate surface area is 98.3 Å². The van der Waals surface area contributed by atoms with Crippen LogP contribution in [0.5, 0.6) is 0 Å². The molecule has 2 heterocycles. The second kappa shape index (κ2) is 4.43. The van der Waals surface area contributed by atoms with Gasteiger partial charge in [-0.1, -0.05) is 0 Å². The predicted molar refractivity (Wildman–Crippen MR) is 53.6 cm³/mol. The molecule has 1 amide bonds. The molecule has 0 fully saturated rings. The van der Waals surface area contributed by atoms with Crippen molar-refractivity contribution in [3.63, 3.8) is 0 Å². The number of hydrogen-bond donors (Lipinski definition) is 2.